The average molecular weight is 271 g/mol. The maximum Gasteiger partial charge on any atom is 0.0354 e. The molecular weight excluding hydrogens is 232 g/mol. The van der Waals surface area contributed by atoms with Gasteiger partial charge in [0, 0.05) is 11.6 Å². The summed E-state index contributed by atoms with van der Waals surface area (Å²) in [5.41, 5.74) is 6.82. The second kappa shape index (κ2) is 10.7. The van der Waals surface area contributed by atoms with Gasteiger partial charge in [-0.25, -0.2) is 0 Å². The molecule has 0 spiro atoms. The zero-order valence-electron chi connectivity index (χ0n) is 14.2. The Morgan fingerprint density at radius 3 is 1.79 bits per heavy atom. The Morgan fingerprint density at radius 1 is 0.842 bits per heavy atom. The highest BCUT2D eigenvalue weighted by molar-refractivity contribution is 4.96. The highest BCUT2D eigenvalue weighted by atomic mass is 15.2. The van der Waals surface area contributed by atoms with Gasteiger partial charge in [0.25, 0.3) is 0 Å². The summed E-state index contributed by atoms with van der Waals surface area (Å²) < 4.78 is 0. The normalized spacial score (nSPS) is 14.1. The molecule has 2 N–H and O–H groups in total. The SMILES string of the molecule is CCCCCCCC(N)C(CC)(CC)N(CC)CC. The molecule has 116 valence electrons. The third kappa shape index (κ3) is 5.43. The van der Waals surface area contributed by atoms with Crippen LogP contribution in [0.25, 0.3) is 0 Å². The largest absolute Gasteiger partial charge is 0.326 e. The van der Waals surface area contributed by atoms with Gasteiger partial charge in [0.2, 0.25) is 0 Å². The molecule has 0 aromatic rings. The summed E-state index contributed by atoms with van der Waals surface area (Å²) in [5, 5.41) is 0. The van der Waals surface area contributed by atoms with E-state index in [0.717, 1.165) is 13.1 Å². The van der Waals surface area contributed by atoms with Crippen molar-refractivity contribution >= 4 is 0 Å². The van der Waals surface area contributed by atoms with Crippen LogP contribution in [0.1, 0.15) is 86.0 Å². The molecule has 0 bridgehead atoms. The van der Waals surface area contributed by atoms with Crippen molar-refractivity contribution in [1.82, 2.24) is 4.90 Å². The topological polar surface area (TPSA) is 29.3 Å². The van der Waals surface area contributed by atoms with Crippen LogP contribution in [0.5, 0.6) is 0 Å². The summed E-state index contributed by atoms with van der Waals surface area (Å²) in [6, 6.07) is 0.323. The Labute approximate surface area is 122 Å². The van der Waals surface area contributed by atoms with E-state index >= 15 is 0 Å². The lowest BCUT2D eigenvalue weighted by Crippen LogP contribution is -2.59. The zero-order chi connectivity index (χ0) is 14.7. The molecule has 0 rings (SSSR count). The molecule has 0 saturated heterocycles. The molecular formula is C17H38N2. The molecule has 0 heterocycles. The number of nitrogens with zero attached hydrogens (tertiary/aromatic N) is 1. The number of unbranched alkanes of at least 4 members (excludes halogenated alkanes) is 4. The molecule has 0 aromatic carbocycles. The van der Waals surface area contributed by atoms with Crippen LogP contribution in [-0.2, 0) is 0 Å². The lowest BCUT2D eigenvalue weighted by atomic mass is 9.80. The minimum absolute atomic E-state index is 0.217. The Balaban J connectivity index is 4.43. The summed E-state index contributed by atoms with van der Waals surface area (Å²) in [4.78, 5) is 2.59. The maximum atomic E-state index is 6.60. The monoisotopic (exact) mass is 270 g/mol. The summed E-state index contributed by atoms with van der Waals surface area (Å²) in [5.74, 6) is 0. The number of hydrogen-bond acceptors (Lipinski definition) is 2. The van der Waals surface area contributed by atoms with Gasteiger partial charge in [0.05, 0.1) is 0 Å². The van der Waals surface area contributed by atoms with Crippen LogP contribution >= 0.6 is 0 Å². The van der Waals surface area contributed by atoms with Crippen LogP contribution in [0, 0.1) is 0 Å². The molecule has 0 fully saturated rings. The van der Waals surface area contributed by atoms with Crippen molar-refractivity contribution in [2.45, 2.75) is 97.6 Å². The highest BCUT2D eigenvalue weighted by Crippen LogP contribution is 2.29. The first-order chi connectivity index (χ1) is 9.12. The fraction of sp³-hybridized carbons (Fsp3) is 1.00. The zero-order valence-corrected chi connectivity index (χ0v) is 14.2. The standard InChI is InChI=1S/C17H38N2/c1-6-11-12-13-14-15-16(18)17(7-2,8-3)19(9-4)10-5/h16H,6-15,18H2,1-5H3. The van der Waals surface area contributed by atoms with Crippen molar-refractivity contribution in [1.29, 1.82) is 0 Å². The molecule has 0 radical (unpaired) electrons. The summed E-state index contributed by atoms with van der Waals surface area (Å²) in [7, 11) is 0. The van der Waals surface area contributed by atoms with Crippen molar-refractivity contribution < 1.29 is 0 Å². The van der Waals surface area contributed by atoms with Gasteiger partial charge < -0.3 is 5.73 Å². The molecule has 1 atom stereocenters. The lowest BCUT2D eigenvalue weighted by molar-refractivity contribution is 0.0591. The van der Waals surface area contributed by atoms with Crippen LogP contribution in [-0.4, -0.2) is 29.6 Å². The molecule has 2 heteroatoms. The van der Waals surface area contributed by atoms with Crippen LogP contribution in [0.4, 0.5) is 0 Å². The van der Waals surface area contributed by atoms with Gasteiger partial charge in [-0.15, -0.1) is 0 Å². The van der Waals surface area contributed by atoms with E-state index in [9.17, 15) is 0 Å². The third-order valence-corrected chi connectivity index (χ3v) is 4.93. The quantitative estimate of drug-likeness (QED) is 0.526. The molecule has 0 aliphatic heterocycles. The van der Waals surface area contributed by atoms with Crippen LogP contribution in [0.3, 0.4) is 0 Å². The van der Waals surface area contributed by atoms with Crippen LogP contribution in [0.15, 0.2) is 0 Å². The Bertz CT molecular complexity index is 195. The van der Waals surface area contributed by atoms with Gasteiger partial charge in [-0.05, 0) is 32.4 Å². The second-order valence-corrected chi connectivity index (χ2v) is 5.79. The molecule has 19 heavy (non-hydrogen) atoms. The molecule has 0 aliphatic rings. The number of likely N-dealkylation sites (N-methyl/N-ethyl adjacent to an activating group) is 1. The van der Waals surface area contributed by atoms with Crippen molar-refractivity contribution in [3.8, 4) is 0 Å². The highest BCUT2D eigenvalue weighted by Gasteiger charge is 2.37. The van der Waals surface area contributed by atoms with Crippen molar-refractivity contribution in [3.63, 3.8) is 0 Å². The molecule has 1 unspecified atom stereocenters. The van der Waals surface area contributed by atoms with Crippen LogP contribution in [0.2, 0.25) is 0 Å². The van der Waals surface area contributed by atoms with Gasteiger partial charge in [0.15, 0.2) is 0 Å². The van der Waals surface area contributed by atoms with E-state index in [1.54, 1.807) is 0 Å². The smallest absolute Gasteiger partial charge is 0.0354 e. The first-order valence-electron chi connectivity index (χ1n) is 8.63. The van der Waals surface area contributed by atoms with E-state index in [4.69, 9.17) is 5.73 Å². The Morgan fingerprint density at radius 2 is 1.37 bits per heavy atom. The first kappa shape index (κ1) is 18.9. The number of nitrogens with two attached hydrogens (primary N) is 1. The average Bonchev–Trinajstić information content (AvgIpc) is 2.44. The second-order valence-electron chi connectivity index (χ2n) is 5.79. The minimum Gasteiger partial charge on any atom is -0.326 e. The molecule has 0 amide bonds. The number of hydrogen-bond donors (Lipinski definition) is 1. The van der Waals surface area contributed by atoms with Crippen molar-refractivity contribution in [2.24, 2.45) is 5.73 Å². The predicted octanol–water partition coefficient (Wildman–Crippen LogP) is 4.57. The van der Waals surface area contributed by atoms with Gasteiger partial charge in [-0.2, -0.15) is 0 Å². The third-order valence-electron chi connectivity index (χ3n) is 4.93. The van der Waals surface area contributed by atoms with Crippen molar-refractivity contribution in [3.05, 3.63) is 0 Å². The summed E-state index contributed by atoms with van der Waals surface area (Å²) >= 11 is 0. The van der Waals surface area contributed by atoms with Gasteiger partial charge in [-0.1, -0.05) is 66.7 Å². The van der Waals surface area contributed by atoms with Crippen molar-refractivity contribution in [2.75, 3.05) is 13.1 Å². The van der Waals surface area contributed by atoms with E-state index in [2.05, 4.69) is 39.5 Å². The van der Waals surface area contributed by atoms with E-state index in [1.807, 2.05) is 0 Å². The Hall–Kier alpha value is -0.0800. The van der Waals surface area contributed by atoms with Crippen LogP contribution < -0.4 is 5.73 Å². The van der Waals surface area contributed by atoms with Gasteiger partial charge in [0.1, 0.15) is 0 Å². The maximum absolute atomic E-state index is 6.60. The minimum atomic E-state index is 0.217. The molecule has 0 aliphatic carbocycles. The summed E-state index contributed by atoms with van der Waals surface area (Å²) in [6.07, 6.45) is 10.2. The predicted molar refractivity (Wildman–Crippen MR) is 87.6 cm³/mol. The molecule has 0 aromatic heterocycles. The fourth-order valence-corrected chi connectivity index (χ4v) is 3.55. The lowest BCUT2D eigenvalue weighted by Gasteiger charge is -2.46. The Kier molecular flexibility index (Phi) is 10.6. The van der Waals surface area contributed by atoms with E-state index < -0.39 is 0 Å². The van der Waals surface area contributed by atoms with E-state index in [1.165, 1.54) is 51.4 Å². The molecule has 2 nitrogen and oxygen atoms in total. The molecule has 0 saturated carbocycles. The van der Waals surface area contributed by atoms with Gasteiger partial charge >= 0.3 is 0 Å². The van der Waals surface area contributed by atoms with E-state index in [0.29, 0.717) is 6.04 Å². The number of rotatable bonds is 12. The van der Waals surface area contributed by atoms with Gasteiger partial charge in [-0.3, -0.25) is 4.90 Å². The van der Waals surface area contributed by atoms with E-state index in [-0.39, 0.29) is 5.54 Å². The first-order valence-corrected chi connectivity index (χ1v) is 8.63. The fourth-order valence-electron chi connectivity index (χ4n) is 3.55. The summed E-state index contributed by atoms with van der Waals surface area (Å²) in [6.45, 7) is 13.6.